The molecule has 0 atom stereocenters. The average molecular weight is 357 g/mol. The summed E-state index contributed by atoms with van der Waals surface area (Å²) in [6.07, 6.45) is 0. The predicted molar refractivity (Wildman–Crippen MR) is 104 cm³/mol. The Bertz CT molecular complexity index is 879. The lowest BCUT2D eigenvalue weighted by Crippen LogP contribution is -2.17. The minimum atomic E-state index is -0.0803. The van der Waals surface area contributed by atoms with Crippen LogP contribution in [0.25, 0.3) is 10.6 Å². The molecule has 0 aliphatic heterocycles. The molecule has 5 heteroatoms. The molecule has 1 N–H and O–H groups in total. The van der Waals surface area contributed by atoms with E-state index in [9.17, 15) is 4.79 Å². The third-order valence-electron chi connectivity index (χ3n) is 4.73. The zero-order valence-corrected chi connectivity index (χ0v) is 16.1. The van der Waals surface area contributed by atoms with E-state index in [0.717, 1.165) is 27.3 Å². The number of hydrogen-bond acceptors (Lipinski definition) is 4. The Hall–Kier alpha value is -1.98. The first-order valence-corrected chi connectivity index (χ1v) is 9.53. The van der Waals surface area contributed by atoms with Gasteiger partial charge in [0.1, 0.15) is 0 Å². The van der Waals surface area contributed by atoms with Crippen molar-refractivity contribution in [3.8, 4) is 10.6 Å². The third-order valence-corrected chi connectivity index (χ3v) is 6.38. The van der Waals surface area contributed by atoms with Gasteiger partial charge in [-0.3, -0.25) is 10.1 Å². The van der Waals surface area contributed by atoms with Crippen molar-refractivity contribution in [3.05, 3.63) is 56.3 Å². The molecule has 0 aliphatic rings. The number of nitrogens with one attached hydrogen (secondary N) is 1. The van der Waals surface area contributed by atoms with Crippen LogP contribution in [0.15, 0.2) is 22.9 Å². The monoisotopic (exact) mass is 356 g/mol. The zero-order valence-electron chi connectivity index (χ0n) is 14.5. The van der Waals surface area contributed by atoms with Gasteiger partial charge in [-0.25, -0.2) is 4.98 Å². The van der Waals surface area contributed by atoms with Gasteiger partial charge in [-0.2, -0.15) is 0 Å². The van der Waals surface area contributed by atoms with Crippen molar-refractivity contribution < 1.29 is 4.79 Å². The number of aromatic nitrogens is 1. The number of anilines is 1. The molecule has 0 aliphatic carbocycles. The minimum Gasteiger partial charge on any atom is -0.298 e. The molecule has 3 aromatic rings. The third kappa shape index (κ3) is 2.89. The summed E-state index contributed by atoms with van der Waals surface area (Å²) < 4.78 is 0. The zero-order chi connectivity index (χ0) is 17.4. The first-order valence-electron chi connectivity index (χ1n) is 7.78. The molecule has 124 valence electrons. The van der Waals surface area contributed by atoms with E-state index in [4.69, 9.17) is 0 Å². The Labute approximate surface area is 150 Å². The summed E-state index contributed by atoms with van der Waals surface area (Å²) >= 11 is 3.10. The maximum atomic E-state index is 12.8. The van der Waals surface area contributed by atoms with Gasteiger partial charge in [-0.15, -0.1) is 22.7 Å². The van der Waals surface area contributed by atoms with E-state index in [1.165, 1.54) is 28.0 Å². The number of thiophene rings is 1. The van der Waals surface area contributed by atoms with Gasteiger partial charge < -0.3 is 0 Å². The first kappa shape index (κ1) is 16.9. The minimum absolute atomic E-state index is 0.0803. The molecule has 3 rings (SSSR count). The first-order chi connectivity index (χ1) is 11.4. The van der Waals surface area contributed by atoms with Gasteiger partial charge in [0.2, 0.25) is 0 Å². The van der Waals surface area contributed by atoms with Crippen LogP contribution in [0.2, 0.25) is 0 Å². The highest BCUT2D eigenvalue weighted by Crippen LogP contribution is 2.30. The van der Waals surface area contributed by atoms with Crippen LogP contribution < -0.4 is 5.32 Å². The fourth-order valence-corrected chi connectivity index (χ4v) is 4.34. The van der Waals surface area contributed by atoms with Crippen LogP contribution in [-0.2, 0) is 0 Å². The highest BCUT2D eigenvalue weighted by molar-refractivity contribution is 7.16. The largest absolute Gasteiger partial charge is 0.298 e. The number of thiazole rings is 1. The number of hydrogen-bond donors (Lipinski definition) is 1. The quantitative estimate of drug-likeness (QED) is 0.657. The maximum absolute atomic E-state index is 12.8. The van der Waals surface area contributed by atoms with Gasteiger partial charge >= 0.3 is 0 Å². The van der Waals surface area contributed by atoms with E-state index in [0.29, 0.717) is 5.13 Å². The molecule has 24 heavy (non-hydrogen) atoms. The van der Waals surface area contributed by atoms with Crippen LogP contribution in [-0.4, -0.2) is 10.9 Å². The number of benzene rings is 1. The summed E-state index contributed by atoms with van der Waals surface area (Å²) in [6, 6.07) is 4.04. The fourth-order valence-electron chi connectivity index (χ4n) is 2.87. The molecule has 0 radical (unpaired) electrons. The van der Waals surface area contributed by atoms with Gasteiger partial charge in [0.25, 0.3) is 5.91 Å². The molecule has 0 saturated heterocycles. The molecule has 1 aromatic carbocycles. The SMILES string of the molecule is Cc1c(C)c(C)c(C(=O)Nc2nc(-c3cccs3)cs2)c(C)c1C. The predicted octanol–water partition coefficient (Wildman–Crippen LogP) is 5.67. The summed E-state index contributed by atoms with van der Waals surface area (Å²) in [7, 11) is 0. The van der Waals surface area contributed by atoms with E-state index in [1.807, 2.05) is 36.7 Å². The molecule has 0 spiro atoms. The number of carbonyl (C=O) groups excluding carboxylic acids is 1. The Morgan fingerprint density at radius 2 is 1.58 bits per heavy atom. The highest BCUT2D eigenvalue weighted by atomic mass is 32.1. The molecule has 0 unspecified atom stereocenters. The molecule has 2 aromatic heterocycles. The van der Waals surface area contributed by atoms with E-state index in [1.54, 1.807) is 11.3 Å². The topological polar surface area (TPSA) is 42.0 Å². The maximum Gasteiger partial charge on any atom is 0.258 e. The standard InChI is InChI=1S/C19H20N2OS2/c1-10-11(2)13(4)17(14(5)12(10)3)18(22)21-19-20-15(9-24-19)16-7-6-8-23-16/h6-9H,1-5H3,(H,20,21,22). The van der Waals surface area contributed by atoms with Crippen LogP contribution in [0.3, 0.4) is 0 Å². The van der Waals surface area contributed by atoms with Gasteiger partial charge in [-0.1, -0.05) is 6.07 Å². The normalized spacial score (nSPS) is 10.9. The van der Waals surface area contributed by atoms with Crippen molar-refractivity contribution in [1.82, 2.24) is 4.98 Å². The second kappa shape index (κ2) is 6.49. The Morgan fingerprint density at radius 3 is 2.17 bits per heavy atom. The lowest BCUT2D eigenvalue weighted by Gasteiger charge is -2.17. The average Bonchev–Trinajstić information content (AvgIpc) is 3.22. The van der Waals surface area contributed by atoms with Crippen molar-refractivity contribution in [2.75, 3.05) is 5.32 Å². The van der Waals surface area contributed by atoms with E-state index < -0.39 is 0 Å². The Morgan fingerprint density at radius 1 is 0.958 bits per heavy atom. The summed E-state index contributed by atoms with van der Waals surface area (Å²) in [5.74, 6) is -0.0803. The Kier molecular flexibility index (Phi) is 4.56. The van der Waals surface area contributed by atoms with Crippen molar-refractivity contribution in [1.29, 1.82) is 0 Å². The van der Waals surface area contributed by atoms with Crippen LogP contribution >= 0.6 is 22.7 Å². The fraction of sp³-hybridized carbons (Fsp3) is 0.263. The summed E-state index contributed by atoms with van der Waals surface area (Å²) in [6.45, 7) is 10.3. The second-order valence-corrected chi connectivity index (χ2v) is 7.78. The number of nitrogens with zero attached hydrogens (tertiary/aromatic N) is 1. The molecule has 0 bridgehead atoms. The summed E-state index contributed by atoms with van der Waals surface area (Å²) in [5, 5.41) is 7.61. The molecular weight excluding hydrogens is 336 g/mol. The number of rotatable bonds is 3. The van der Waals surface area contributed by atoms with Crippen LogP contribution in [0.1, 0.15) is 38.2 Å². The van der Waals surface area contributed by atoms with Crippen molar-refractivity contribution in [3.63, 3.8) is 0 Å². The van der Waals surface area contributed by atoms with E-state index in [2.05, 4.69) is 31.1 Å². The molecular formula is C19H20N2OS2. The lowest BCUT2D eigenvalue weighted by atomic mass is 9.89. The van der Waals surface area contributed by atoms with Crippen molar-refractivity contribution >= 4 is 33.7 Å². The molecule has 3 nitrogen and oxygen atoms in total. The summed E-state index contributed by atoms with van der Waals surface area (Å²) in [5.41, 5.74) is 7.39. The summed E-state index contributed by atoms with van der Waals surface area (Å²) in [4.78, 5) is 18.5. The van der Waals surface area contributed by atoms with Crippen molar-refractivity contribution in [2.45, 2.75) is 34.6 Å². The Balaban J connectivity index is 1.91. The smallest absolute Gasteiger partial charge is 0.258 e. The van der Waals surface area contributed by atoms with Crippen LogP contribution in [0.5, 0.6) is 0 Å². The molecule has 0 saturated carbocycles. The van der Waals surface area contributed by atoms with Crippen molar-refractivity contribution in [2.24, 2.45) is 0 Å². The van der Waals surface area contributed by atoms with Crippen LogP contribution in [0, 0.1) is 34.6 Å². The van der Waals surface area contributed by atoms with E-state index >= 15 is 0 Å². The molecule has 1 amide bonds. The highest BCUT2D eigenvalue weighted by Gasteiger charge is 2.19. The van der Waals surface area contributed by atoms with Gasteiger partial charge in [-0.05, 0) is 73.9 Å². The number of amides is 1. The lowest BCUT2D eigenvalue weighted by molar-refractivity contribution is 0.102. The molecule has 0 fully saturated rings. The van der Waals surface area contributed by atoms with Gasteiger partial charge in [0.05, 0.1) is 10.6 Å². The second-order valence-electron chi connectivity index (χ2n) is 5.97. The van der Waals surface area contributed by atoms with E-state index in [-0.39, 0.29) is 5.91 Å². The van der Waals surface area contributed by atoms with Gasteiger partial charge in [0, 0.05) is 10.9 Å². The van der Waals surface area contributed by atoms with Crippen LogP contribution in [0.4, 0.5) is 5.13 Å². The molecule has 2 heterocycles. The number of carbonyl (C=O) groups is 1. The van der Waals surface area contributed by atoms with Gasteiger partial charge in [0.15, 0.2) is 5.13 Å².